The Morgan fingerprint density at radius 3 is 2.47 bits per heavy atom. The fraction of sp³-hybridized carbons (Fsp3) is 0.435. The molecule has 0 aliphatic carbocycles. The molecule has 164 valence electrons. The first-order valence-electron chi connectivity index (χ1n) is 10.4. The highest BCUT2D eigenvalue weighted by atomic mass is 35.5. The maximum Gasteiger partial charge on any atom is 0.263 e. The summed E-state index contributed by atoms with van der Waals surface area (Å²) in [6, 6.07) is 9.76. The number of unbranched alkanes of at least 4 members (excludes halogenated alkanes) is 1. The number of halogens is 1. The number of sulfonamides is 1. The topological polar surface area (TPSA) is 75.3 Å². The van der Waals surface area contributed by atoms with Crippen molar-refractivity contribution in [2.75, 3.05) is 11.3 Å². The second-order valence-electron chi connectivity index (χ2n) is 7.70. The van der Waals surface area contributed by atoms with Crippen LogP contribution in [-0.4, -0.2) is 20.9 Å². The maximum absolute atomic E-state index is 12.9. The highest BCUT2D eigenvalue weighted by Gasteiger charge is 2.21. The first kappa shape index (κ1) is 24.2. The van der Waals surface area contributed by atoms with Gasteiger partial charge in [0.05, 0.1) is 10.7 Å². The molecule has 2 N–H and O–H groups in total. The highest BCUT2D eigenvalue weighted by Crippen LogP contribution is 2.26. The lowest BCUT2D eigenvalue weighted by atomic mass is 9.99. The molecule has 7 heteroatoms. The first-order valence-corrected chi connectivity index (χ1v) is 12.2. The Hall–Kier alpha value is -2.05. The molecule has 5 nitrogen and oxygen atoms in total. The van der Waals surface area contributed by atoms with Crippen molar-refractivity contribution < 1.29 is 13.2 Å². The molecule has 1 amide bonds. The van der Waals surface area contributed by atoms with Crippen molar-refractivity contribution >= 4 is 33.2 Å². The van der Waals surface area contributed by atoms with E-state index in [0.717, 1.165) is 36.8 Å². The molecule has 1 unspecified atom stereocenters. The predicted octanol–water partition coefficient (Wildman–Crippen LogP) is 5.70. The Labute approximate surface area is 185 Å². The average molecular weight is 451 g/mol. The van der Waals surface area contributed by atoms with Crippen LogP contribution in [0.25, 0.3) is 0 Å². The van der Waals surface area contributed by atoms with Gasteiger partial charge in [-0.2, -0.15) is 0 Å². The molecular weight excluding hydrogens is 420 g/mol. The lowest BCUT2D eigenvalue weighted by molar-refractivity contribution is 0.0945. The van der Waals surface area contributed by atoms with E-state index in [-0.39, 0.29) is 21.4 Å². The third-order valence-electron chi connectivity index (χ3n) is 5.20. The zero-order chi connectivity index (χ0) is 22.3. The Balaban J connectivity index is 2.19. The summed E-state index contributed by atoms with van der Waals surface area (Å²) in [6.07, 6.45) is 4.30. The quantitative estimate of drug-likeness (QED) is 0.487. The number of hydrogen-bond donors (Lipinski definition) is 2. The van der Waals surface area contributed by atoms with Gasteiger partial charge in [-0.25, -0.2) is 8.42 Å². The minimum absolute atomic E-state index is 0.0678. The summed E-state index contributed by atoms with van der Waals surface area (Å²) < 4.78 is 28.5. The molecule has 0 radical (unpaired) electrons. The van der Waals surface area contributed by atoms with Gasteiger partial charge in [0.15, 0.2) is 0 Å². The minimum Gasteiger partial charge on any atom is -0.352 e. The van der Waals surface area contributed by atoms with Crippen LogP contribution in [-0.2, 0) is 10.0 Å². The Morgan fingerprint density at radius 2 is 1.83 bits per heavy atom. The third-order valence-corrected chi connectivity index (χ3v) is 7.05. The number of aryl methyl sites for hydroxylation is 2. The highest BCUT2D eigenvalue weighted by molar-refractivity contribution is 7.92. The van der Waals surface area contributed by atoms with Crippen LogP contribution in [0.1, 0.15) is 61.0 Å². The molecule has 30 heavy (non-hydrogen) atoms. The van der Waals surface area contributed by atoms with Crippen molar-refractivity contribution in [2.45, 2.75) is 58.3 Å². The summed E-state index contributed by atoms with van der Waals surface area (Å²) in [5.74, 6) is 0.111. The summed E-state index contributed by atoms with van der Waals surface area (Å²) in [7, 11) is -3.95. The fourth-order valence-electron chi connectivity index (χ4n) is 3.26. The molecule has 0 saturated carbocycles. The summed E-state index contributed by atoms with van der Waals surface area (Å²) in [6.45, 7) is 8.60. The van der Waals surface area contributed by atoms with Crippen molar-refractivity contribution in [3.05, 3.63) is 58.1 Å². The number of carbonyl (C=O) groups is 1. The second kappa shape index (κ2) is 10.8. The monoisotopic (exact) mass is 450 g/mol. The number of hydrogen-bond acceptors (Lipinski definition) is 3. The van der Waals surface area contributed by atoms with E-state index in [9.17, 15) is 13.2 Å². The molecule has 0 fully saturated rings. The van der Waals surface area contributed by atoms with Crippen molar-refractivity contribution in [3.63, 3.8) is 0 Å². The van der Waals surface area contributed by atoms with Gasteiger partial charge in [-0.1, -0.05) is 62.4 Å². The first-order chi connectivity index (χ1) is 14.2. The van der Waals surface area contributed by atoms with Gasteiger partial charge >= 0.3 is 0 Å². The van der Waals surface area contributed by atoms with E-state index in [1.807, 2.05) is 26.0 Å². The number of nitrogens with one attached hydrogen (secondary N) is 2. The van der Waals surface area contributed by atoms with Crippen LogP contribution < -0.4 is 10.0 Å². The number of carbonyl (C=O) groups excluding carboxylic acids is 1. The Morgan fingerprint density at radius 1 is 1.10 bits per heavy atom. The molecule has 0 spiro atoms. The molecule has 0 aliphatic rings. The van der Waals surface area contributed by atoms with E-state index in [2.05, 4.69) is 23.9 Å². The number of benzene rings is 2. The molecular formula is C23H31ClN2O3S. The number of anilines is 1. The Bertz CT molecular complexity index is 990. The smallest absolute Gasteiger partial charge is 0.263 e. The molecule has 0 heterocycles. The molecule has 0 saturated heterocycles. The van der Waals surface area contributed by atoms with E-state index >= 15 is 0 Å². The summed E-state index contributed by atoms with van der Waals surface area (Å²) in [5, 5.41) is 2.99. The van der Waals surface area contributed by atoms with Crippen LogP contribution in [0.3, 0.4) is 0 Å². The average Bonchev–Trinajstić information content (AvgIpc) is 2.70. The fourth-order valence-corrected chi connectivity index (χ4v) is 4.92. The zero-order valence-corrected chi connectivity index (χ0v) is 19.7. The molecule has 1 atom stereocenters. The van der Waals surface area contributed by atoms with Crippen LogP contribution in [0.15, 0.2) is 41.3 Å². The van der Waals surface area contributed by atoms with E-state index in [1.54, 1.807) is 12.1 Å². The molecule has 0 aromatic heterocycles. The van der Waals surface area contributed by atoms with Gasteiger partial charge < -0.3 is 5.32 Å². The van der Waals surface area contributed by atoms with Gasteiger partial charge in [0.1, 0.15) is 4.90 Å². The van der Waals surface area contributed by atoms with Crippen LogP contribution in [0.5, 0.6) is 0 Å². The predicted molar refractivity (Wildman–Crippen MR) is 124 cm³/mol. The lowest BCUT2D eigenvalue weighted by Crippen LogP contribution is -2.29. The maximum atomic E-state index is 12.9. The van der Waals surface area contributed by atoms with E-state index in [1.165, 1.54) is 12.1 Å². The van der Waals surface area contributed by atoms with Crippen LogP contribution in [0, 0.1) is 19.8 Å². The summed E-state index contributed by atoms with van der Waals surface area (Å²) in [4.78, 5) is 12.5. The van der Waals surface area contributed by atoms with Crippen molar-refractivity contribution in [1.82, 2.24) is 5.32 Å². The minimum atomic E-state index is -3.95. The second-order valence-corrected chi connectivity index (χ2v) is 9.75. The van der Waals surface area contributed by atoms with Gasteiger partial charge in [-0.15, -0.1) is 0 Å². The van der Waals surface area contributed by atoms with Gasteiger partial charge in [0.2, 0.25) is 0 Å². The lowest BCUT2D eigenvalue weighted by Gasteiger charge is -2.16. The zero-order valence-electron chi connectivity index (χ0n) is 18.1. The van der Waals surface area contributed by atoms with Crippen molar-refractivity contribution in [3.8, 4) is 0 Å². The van der Waals surface area contributed by atoms with Crippen molar-refractivity contribution in [1.29, 1.82) is 0 Å². The van der Waals surface area contributed by atoms with Gasteiger partial charge in [-0.05, 0) is 56.0 Å². The van der Waals surface area contributed by atoms with Gasteiger partial charge in [-0.3, -0.25) is 9.52 Å². The summed E-state index contributed by atoms with van der Waals surface area (Å²) >= 11 is 6.17. The van der Waals surface area contributed by atoms with Crippen molar-refractivity contribution in [2.24, 2.45) is 5.92 Å². The van der Waals surface area contributed by atoms with E-state index < -0.39 is 10.0 Å². The number of rotatable bonds is 10. The normalized spacial score (nSPS) is 12.4. The van der Waals surface area contributed by atoms with Crippen LogP contribution >= 0.6 is 11.6 Å². The molecule has 2 rings (SSSR count). The van der Waals surface area contributed by atoms with Crippen LogP contribution in [0.2, 0.25) is 5.02 Å². The van der Waals surface area contributed by atoms with E-state index in [0.29, 0.717) is 18.2 Å². The van der Waals surface area contributed by atoms with Crippen LogP contribution in [0.4, 0.5) is 5.69 Å². The SMILES string of the molecule is CCCCC(CC)CNC(=O)c1ccc(Cl)c(S(=O)(=O)Nc2ccc(C)cc2C)c1. The molecule has 2 aromatic carbocycles. The molecule has 0 aliphatic heterocycles. The molecule has 0 bridgehead atoms. The Kier molecular flexibility index (Phi) is 8.74. The van der Waals surface area contributed by atoms with E-state index in [4.69, 9.17) is 11.6 Å². The number of amides is 1. The van der Waals surface area contributed by atoms with Gasteiger partial charge in [0.25, 0.3) is 15.9 Å². The summed E-state index contributed by atoms with van der Waals surface area (Å²) in [5.41, 5.74) is 2.59. The largest absolute Gasteiger partial charge is 0.352 e. The third kappa shape index (κ3) is 6.47. The van der Waals surface area contributed by atoms with Gasteiger partial charge in [0, 0.05) is 12.1 Å². The molecule has 2 aromatic rings. The standard InChI is InChI=1S/C23H31ClN2O3S/c1-5-7-8-18(6-2)15-25-23(27)19-10-11-20(24)22(14-19)30(28,29)26-21-12-9-16(3)13-17(21)4/h9-14,18,26H,5-8,15H2,1-4H3,(H,25,27).